The van der Waals surface area contributed by atoms with Crippen molar-refractivity contribution in [2.75, 3.05) is 0 Å². The molecule has 0 bridgehead atoms. The van der Waals surface area contributed by atoms with E-state index in [0.717, 1.165) is 23.5 Å². The van der Waals surface area contributed by atoms with Crippen molar-refractivity contribution >= 4 is 5.91 Å². The Labute approximate surface area is 156 Å². The summed E-state index contributed by atoms with van der Waals surface area (Å²) >= 11 is 0. The summed E-state index contributed by atoms with van der Waals surface area (Å²) in [5.74, 6) is 0.565. The Morgan fingerprint density at radius 2 is 1.88 bits per heavy atom. The Hall–Kier alpha value is -2.61. The minimum Gasteiger partial charge on any atom is -0.350 e. The standard InChI is InChI=1S/C21H28N4O/c1-14(2)13-25-17(5)20(16(4)24-25)10-11-21(26)23-15(3)19-8-6-18(12-22)7-9-19/h6-9,14-15H,10-11,13H2,1-5H3,(H,23,26). The Bertz CT molecular complexity index is 797. The van der Waals surface area contributed by atoms with Gasteiger partial charge in [0, 0.05) is 18.7 Å². The summed E-state index contributed by atoms with van der Waals surface area (Å²) in [6.07, 6.45) is 1.14. The van der Waals surface area contributed by atoms with Gasteiger partial charge in [-0.1, -0.05) is 26.0 Å². The van der Waals surface area contributed by atoms with Crippen LogP contribution >= 0.6 is 0 Å². The topological polar surface area (TPSA) is 70.7 Å². The number of rotatable bonds is 7. The normalized spacial score (nSPS) is 12.0. The molecule has 26 heavy (non-hydrogen) atoms. The molecule has 0 fully saturated rings. The molecule has 5 heteroatoms. The molecule has 1 aromatic carbocycles. The Morgan fingerprint density at radius 3 is 2.46 bits per heavy atom. The van der Waals surface area contributed by atoms with Crippen LogP contribution in [0.3, 0.4) is 0 Å². The van der Waals surface area contributed by atoms with E-state index in [1.54, 1.807) is 12.1 Å². The zero-order valence-electron chi connectivity index (χ0n) is 16.3. The van der Waals surface area contributed by atoms with Crippen LogP contribution in [0, 0.1) is 31.1 Å². The number of nitrogens with zero attached hydrogens (tertiary/aromatic N) is 3. The highest BCUT2D eigenvalue weighted by atomic mass is 16.1. The number of nitrogens with one attached hydrogen (secondary N) is 1. The SMILES string of the molecule is Cc1nn(CC(C)C)c(C)c1CCC(=O)NC(C)c1ccc(C#N)cc1. The number of aromatic nitrogens is 2. The van der Waals surface area contributed by atoms with Gasteiger partial charge in [0.25, 0.3) is 0 Å². The van der Waals surface area contributed by atoms with Gasteiger partial charge in [-0.25, -0.2) is 0 Å². The Balaban J connectivity index is 1.94. The van der Waals surface area contributed by atoms with E-state index in [2.05, 4.69) is 37.3 Å². The summed E-state index contributed by atoms with van der Waals surface area (Å²) in [5, 5.41) is 16.5. The molecular formula is C21H28N4O. The highest BCUT2D eigenvalue weighted by Gasteiger charge is 2.15. The quantitative estimate of drug-likeness (QED) is 0.823. The number of hydrogen-bond acceptors (Lipinski definition) is 3. The summed E-state index contributed by atoms with van der Waals surface area (Å²) in [6.45, 7) is 11.3. The zero-order valence-corrected chi connectivity index (χ0v) is 16.3. The third-order valence-electron chi connectivity index (χ3n) is 4.59. The van der Waals surface area contributed by atoms with Crippen molar-refractivity contribution in [3.63, 3.8) is 0 Å². The lowest BCUT2D eigenvalue weighted by Crippen LogP contribution is -2.26. The van der Waals surface area contributed by atoms with Crippen molar-refractivity contribution in [2.45, 2.75) is 60.0 Å². The predicted octanol–water partition coefficient (Wildman–Crippen LogP) is 3.84. The summed E-state index contributed by atoms with van der Waals surface area (Å²) < 4.78 is 2.05. The fourth-order valence-corrected chi connectivity index (χ4v) is 3.10. The fraction of sp³-hybridized carbons (Fsp3) is 0.476. The van der Waals surface area contributed by atoms with Crippen molar-refractivity contribution in [3.05, 3.63) is 52.3 Å². The van der Waals surface area contributed by atoms with Gasteiger partial charge in [0.1, 0.15) is 0 Å². The third-order valence-corrected chi connectivity index (χ3v) is 4.59. The van der Waals surface area contributed by atoms with Crippen molar-refractivity contribution in [3.8, 4) is 6.07 Å². The maximum Gasteiger partial charge on any atom is 0.220 e. The highest BCUT2D eigenvalue weighted by Crippen LogP contribution is 2.17. The average Bonchev–Trinajstić information content (AvgIpc) is 2.86. The summed E-state index contributed by atoms with van der Waals surface area (Å²) in [4.78, 5) is 12.3. The molecule has 138 valence electrons. The largest absolute Gasteiger partial charge is 0.350 e. The van der Waals surface area contributed by atoms with Crippen molar-refractivity contribution in [2.24, 2.45) is 5.92 Å². The molecular weight excluding hydrogens is 324 g/mol. The first-order valence-corrected chi connectivity index (χ1v) is 9.14. The first kappa shape index (κ1) is 19.7. The van der Waals surface area contributed by atoms with E-state index in [1.807, 2.05) is 30.7 Å². The number of carbonyl (C=O) groups excluding carboxylic acids is 1. The van der Waals surface area contributed by atoms with Crippen LogP contribution in [0.15, 0.2) is 24.3 Å². The Morgan fingerprint density at radius 1 is 1.23 bits per heavy atom. The number of aryl methyl sites for hydroxylation is 1. The fourth-order valence-electron chi connectivity index (χ4n) is 3.10. The van der Waals surface area contributed by atoms with Crippen LogP contribution in [0.1, 0.15) is 61.3 Å². The molecule has 0 aliphatic heterocycles. The Kier molecular flexibility index (Phi) is 6.57. The van der Waals surface area contributed by atoms with Gasteiger partial charge in [-0.05, 0) is 56.4 Å². The molecule has 1 atom stereocenters. The van der Waals surface area contributed by atoms with Gasteiger partial charge in [0.05, 0.1) is 23.4 Å². The molecule has 1 heterocycles. The van der Waals surface area contributed by atoms with Crippen LogP contribution in [0.4, 0.5) is 0 Å². The minimum atomic E-state index is -0.0823. The number of nitriles is 1. The van der Waals surface area contributed by atoms with Crippen molar-refractivity contribution in [1.29, 1.82) is 5.26 Å². The molecule has 1 aromatic heterocycles. The first-order chi connectivity index (χ1) is 12.3. The molecule has 1 amide bonds. The van der Waals surface area contributed by atoms with Crippen LogP contribution in [-0.4, -0.2) is 15.7 Å². The van der Waals surface area contributed by atoms with E-state index in [1.165, 1.54) is 5.56 Å². The van der Waals surface area contributed by atoms with Crippen LogP contribution in [0.5, 0.6) is 0 Å². The number of benzene rings is 1. The van der Waals surface area contributed by atoms with E-state index in [9.17, 15) is 4.79 Å². The van der Waals surface area contributed by atoms with Gasteiger partial charge in [-0.15, -0.1) is 0 Å². The smallest absolute Gasteiger partial charge is 0.220 e. The molecule has 2 aromatic rings. The van der Waals surface area contributed by atoms with Gasteiger partial charge in [0.15, 0.2) is 0 Å². The molecule has 0 aliphatic carbocycles. The average molecular weight is 352 g/mol. The van der Waals surface area contributed by atoms with Gasteiger partial charge < -0.3 is 5.32 Å². The maximum absolute atomic E-state index is 12.3. The van der Waals surface area contributed by atoms with Crippen LogP contribution in [0.2, 0.25) is 0 Å². The predicted molar refractivity (Wildman–Crippen MR) is 103 cm³/mol. The minimum absolute atomic E-state index is 0.0252. The van der Waals surface area contributed by atoms with Crippen LogP contribution in [-0.2, 0) is 17.8 Å². The number of amides is 1. The molecule has 0 spiro atoms. The highest BCUT2D eigenvalue weighted by molar-refractivity contribution is 5.76. The second-order valence-corrected chi connectivity index (χ2v) is 7.25. The molecule has 0 aliphatic rings. The van der Waals surface area contributed by atoms with Gasteiger partial charge in [0.2, 0.25) is 5.91 Å². The number of carbonyl (C=O) groups is 1. The summed E-state index contributed by atoms with van der Waals surface area (Å²) in [7, 11) is 0. The van der Waals surface area contributed by atoms with E-state index in [4.69, 9.17) is 5.26 Å². The second-order valence-electron chi connectivity index (χ2n) is 7.25. The molecule has 1 unspecified atom stereocenters. The molecule has 0 saturated carbocycles. The van der Waals surface area contributed by atoms with E-state index in [-0.39, 0.29) is 11.9 Å². The van der Waals surface area contributed by atoms with E-state index in [0.29, 0.717) is 24.3 Å². The maximum atomic E-state index is 12.3. The van der Waals surface area contributed by atoms with Crippen LogP contribution < -0.4 is 5.32 Å². The third kappa shape index (κ3) is 4.95. The van der Waals surface area contributed by atoms with E-state index >= 15 is 0 Å². The molecule has 2 rings (SSSR count). The van der Waals surface area contributed by atoms with Gasteiger partial charge in [-0.3, -0.25) is 9.48 Å². The lowest BCUT2D eigenvalue weighted by molar-refractivity contribution is -0.121. The monoisotopic (exact) mass is 352 g/mol. The molecule has 1 N–H and O–H groups in total. The van der Waals surface area contributed by atoms with E-state index < -0.39 is 0 Å². The van der Waals surface area contributed by atoms with Crippen LogP contribution in [0.25, 0.3) is 0 Å². The van der Waals surface area contributed by atoms with Crippen molar-refractivity contribution in [1.82, 2.24) is 15.1 Å². The first-order valence-electron chi connectivity index (χ1n) is 9.14. The summed E-state index contributed by atoms with van der Waals surface area (Å²) in [6, 6.07) is 9.33. The lowest BCUT2D eigenvalue weighted by atomic mass is 10.0. The lowest BCUT2D eigenvalue weighted by Gasteiger charge is -2.14. The summed E-state index contributed by atoms with van der Waals surface area (Å²) in [5.41, 5.74) is 4.96. The van der Waals surface area contributed by atoms with Gasteiger partial charge >= 0.3 is 0 Å². The number of hydrogen-bond donors (Lipinski definition) is 1. The second kappa shape index (κ2) is 8.66. The molecule has 0 saturated heterocycles. The molecule has 5 nitrogen and oxygen atoms in total. The zero-order chi connectivity index (χ0) is 19.3. The molecule has 0 radical (unpaired) electrons. The van der Waals surface area contributed by atoms with Crippen molar-refractivity contribution < 1.29 is 4.79 Å². The van der Waals surface area contributed by atoms with Gasteiger partial charge in [-0.2, -0.15) is 10.4 Å².